The largest absolute Gasteiger partial charge is 0.370 e. The highest BCUT2D eigenvalue weighted by Crippen LogP contribution is 2.42. The Labute approximate surface area is 139 Å². The topological polar surface area (TPSA) is 38.2 Å². The molecule has 1 saturated heterocycles. The van der Waals surface area contributed by atoms with Crippen molar-refractivity contribution in [1.82, 2.24) is 9.97 Å². The first-order chi connectivity index (χ1) is 10.6. The fraction of sp³-hybridized carbons (Fsp3) is 0.625. The molecular formula is C16H21N3OS2. The first-order valence-corrected chi connectivity index (χ1v) is 9.87. The summed E-state index contributed by atoms with van der Waals surface area (Å²) in [7, 11) is 0. The Balaban J connectivity index is 1.93. The van der Waals surface area contributed by atoms with Crippen LogP contribution < -0.4 is 4.90 Å². The van der Waals surface area contributed by atoms with E-state index in [4.69, 9.17) is 14.7 Å². The van der Waals surface area contributed by atoms with Crippen LogP contribution in [0.2, 0.25) is 0 Å². The molecule has 2 aromatic heterocycles. The minimum absolute atomic E-state index is 0.0958. The van der Waals surface area contributed by atoms with Crippen LogP contribution >= 0.6 is 23.1 Å². The summed E-state index contributed by atoms with van der Waals surface area (Å²) in [4.78, 5) is 14.6. The first kappa shape index (κ1) is 14.7. The lowest BCUT2D eigenvalue weighted by molar-refractivity contribution is -0.0379. The van der Waals surface area contributed by atoms with Crippen molar-refractivity contribution in [2.24, 2.45) is 0 Å². The average molecular weight is 335 g/mol. The van der Waals surface area contributed by atoms with E-state index < -0.39 is 0 Å². The van der Waals surface area contributed by atoms with Gasteiger partial charge in [0.05, 0.1) is 17.6 Å². The number of fused-ring (bicyclic) bond motifs is 3. The van der Waals surface area contributed by atoms with Crippen LogP contribution in [0.1, 0.15) is 37.1 Å². The van der Waals surface area contributed by atoms with Gasteiger partial charge in [0.2, 0.25) is 0 Å². The van der Waals surface area contributed by atoms with Gasteiger partial charge in [0.1, 0.15) is 10.6 Å². The fourth-order valence-electron chi connectivity index (χ4n) is 3.36. The van der Waals surface area contributed by atoms with E-state index in [1.165, 1.54) is 28.7 Å². The molecule has 0 spiro atoms. The van der Waals surface area contributed by atoms with E-state index in [0.717, 1.165) is 35.3 Å². The van der Waals surface area contributed by atoms with E-state index in [9.17, 15) is 0 Å². The molecule has 0 aromatic carbocycles. The third-order valence-corrected chi connectivity index (χ3v) is 6.13. The number of thiophene rings is 1. The van der Waals surface area contributed by atoms with Crippen LogP contribution in [-0.2, 0) is 17.8 Å². The molecule has 4 rings (SSSR count). The SMILES string of the molecule is CSc1nc(N2CCCC2)c2c3c(sc2n1)COC(C)(C)C3. The summed E-state index contributed by atoms with van der Waals surface area (Å²) in [5.74, 6) is 1.15. The highest BCUT2D eigenvalue weighted by molar-refractivity contribution is 7.98. The van der Waals surface area contributed by atoms with Gasteiger partial charge in [-0.3, -0.25) is 0 Å². The molecule has 0 radical (unpaired) electrons. The molecule has 2 aliphatic heterocycles. The predicted octanol–water partition coefficient (Wildman–Crippen LogP) is 3.86. The van der Waals surface area contributed by atoms with Crippen molar-refractivity contribution >= 4 is 39.1 Å². The van der Waals surface area contributed by atoms with Crippen molar-refractivity contribution in [3.63, 3.8) is 0 Å². The van der Waals surface area contributed by atoms with E-state index >= 15 is 0 Å². The van der Waals surface area contributed by atoms with Crippen molar-refractivity contribution in [3.8, 4) is 0 Å². The molecule has 0 aliphatic carbocycles. The van der Waals surface area contributed by atoms with Gasteiger partial charge in [-0.2, -0.15) is 0 Å². The molecule has 4 heterocycles. The van der Waals surface area contributed by atoms with Crippen LogP contribution in [0.25, 0.3) is 10.2 Å². The van der Waals surface area contributed by atoms with Crippen molar-refractivity contribution in [3.05, 3.63) is 10.4 Å². The molecule has 1 fully saturated rings. The number of ether oxygens (including phenoxy) is 1. The number of rotatable bonds is 2. The Kier molecular flexibility index (Phi) is 3.58. The minimum Gasteiger partial charge on any atom is -0.370 e. The molecule has 0 unspecified atom stereocenters. The maximum absolute atomic E-state index is 5.99. The van der Waals surface area contributed by atoms with Gasteiger partial charge in [-0.25, -0.2) is 9.97 Å². The monoisotopic (exact) mass is 335 g/mol. The Hall–Kier alpha value is -0.850. The second-order valence-electron chi connectivity index (χ2n) is 6.64. The molecule has 4 nitrogen and oxygen atoms in total. The van der Waals surface area contributed by atoms with Crippen molar-refractivity contribution in [1.29, 1.82) is 0 Å². The lowest BCUT2D eigenvalue weighted by atomic mass is 9.94. The van der Waals surface area contributed by atoms with Crippen LogP contribution in [0.4, 0.5) is 5.82 Å². The van der Waals surface area contributed by atoms with Crippen LogP contribution in [0.5, 0.6) is 0 Å². The highest BCUT2D eigenvalue weighted by atomic mass is 32.2. The van der Waals surface area contributed by atoms with Crippen LogP contribution in [0, 0.1) is 0 Å². The van der Waals surface area contributed by atoms with Gasteiger partial charge >= 0.3 is 0 Å². The maximum atomic E-state index is 5.99. The molecule has 0 bridgehead atoms. The lowest BCUT2D eigenvalue weighted by Gasteiger charge is -2.30. The highest BCUT2D eigenvalue weighted by Gasteiger charge is 2.32. The summed E-state index contributed by atoms with van der Waals surface area (Å²) in [6, 6.07) is 0. The van der Waals surface area contributed by atoms with Gasteiger partial charge in [0.15, 0.2) is 5.16 Å². The molecule has 2 aliphatic rings. The van der Waals surface area contributed by atoms with E-state index in [-0.39, 0.29) is 5.60 Å². The summed E-state index contributed by atoms with van der Waals surface area (Å²) in [6.45, 7) is 7.28. The number of aromatic nitrogens is 2. The molecule has 0 amide bonds. The predicted molar refractivity (Wildman–Crippen MR) is 93.2 cm³/mol. The van der Waals surface area contributed by atoms with E-state index in [2.05, 4.69) is 25.0 Å². The zero-order valence-electron chi connectivity index (χ0n) is 13.3. The maximum Gasteiger partial charge on any atom is 0.190 e. The van der Waals surface area contributed by atoms with Crippen molar-refractivity contribution in [2.75, 3.05) is 24.2 Å². The van der Waals surface area contributed by atoms with Crippen LogP contribution in [0.3, 0.4) is 0 Å². The molecule has 0 atom stereocenters. The summed E-state index contributed by atoms with van der Waals surface area (Å²) in [5.41, 5.74) is 1.33. The molecule has 22 heavy (non-hydrogen) atoms. The van der Waals surface area contributed by atoms with Gasteiger partial charge in [-0.15, -0.1) is 11.3 Å². The number of hydrogen-bond acceptors (Lipinski definition) is 6. The number of anilines is 1. The molecular weight excluding hydrogens is 314 g/mol. The van der Waals surface area contributed by atoms with Gasteiger partial charge < -0.3 is 9.64 Å². The average Bonchev–Trinajstić information content (AvgIpc) is 3.12. The number of nitrogens with zero attached hydrogens (tertiary/aromatic N) is 3. The molecule has 0 saturated carbocycles. The summed E-state index contributed by atoms with van der Waals surface area (Å²) < 4.78 is 5.99. The van der Waals surface area contributed by atoms with Gasteiger partial charge in [-0.1, -0.05) is 11.8 Å². The minimum atomic E-state index is -0.0958. The van der Waals surface area contributed by atoms with Gasteiger partial charge in [-0.05, 0) is 38.5 Å². The Morgan fingerprint density at radius 2 is 2.00 bits per heavy atom. The summed E-state index contributed by atoms with van der Waals surface area (Å²) in [6.07, 6.45) is 5.53. The number of hydrogen-bond donors (Lipinski definition) is 0. The van der Waals surface area contributed by atoms with E-state index in [0.29, 0.717) is 6.61 Å². The van der Waals surface area contributed by atoms with Gasteiger partial charge in [0, 0.05) is 24.4 Å². The fourth-order valence-corrected chi connectivity index (χ4v) is 4.87. The standard InChI is InChI=1S/C16H21N3OS2/c1-16(2)8-10-11(9-20-16)22-14-12(10)13(17-15(18-14)21-3)19-6-4-5-7-19/h4-9H2,1-3H3. The molecule has 2 aromatic rings. The second-order valence-corrected chi connectivity index (χ2v) is 8.49. The van der Waals surface area contributed by atoms with E-state index in [1.807, 2.05) is 0 Å². The lowest BCUT2D eigenvalue weighted by Crippen LogP contribution is -2.31. The third-order valence-electron chi connectivity index (χ3n) is 4.48. The Morgan fingerprint density at radius 3 is 2.73 bits per heavy atom. The normalized spacial score (nSPS) is 20.6. The van der Waals surface area contributed by atoms with Crippen molar-refractivity contribution < 1.29 is 4.74 Å². The Morgan fingerprint density at radius 1 is 1.23 bits per heavy atom. The van der Waals surface area contributed by atoms with Crippen molar-refractivity contribution in [2.45, 2.75) is 50.5 Å². The molecule has 0 N–H and O–H groups in total. The zero-order chi connectivity index (χ0) is 15.3. The van der Waals surface area contributed by atoms with Crippen LogP contribution in [0.15, 0.2) is 5.16 Å². The first-order valence-electron chi connectivity index (χ1n) is 7.82. The smallest absolute Gasteiger partial charge is 0.190 e. The molecule has 118 valence electrons. The zero-order valence-corrected chi connectivity index (χ0v) is 14.9. The van der Waals surface area contributed by atoms with Gasteiger partial charge in [0.25, 0.3) is 0 Å². The molecule has 6 heteroatoms. The summed E-state index contributed by atoms with van der Waals surface area (Å²) >= 11 is 3.42. The second kappa shape index (κ2) is 5.35. The summed E-state index contributed by atoms with van der Waals surface area (Å²) in [5, 5.41) is 2.17. The Bertz CT molecular complexity index is 720. The number of thioether (sulfide) groups is 1. The quantitative estimate of drug-likeness (QED) is 0.615. The van der Waals surface area contributed by atoms with E-state index in [1.54, 1.807) is 23.1 Å². The third kappa shape index (κ3) is 2.41. The van der Waals surface area contributed by atoms with Crippen LogP contribution in [-0.4, -0.2) is 34.9 Å².